The molecule has 1 aromatic carbocycles. The third kappa shape index (κ3) is 2.70. The minimum Gasteiger partial charge on any atom is -0.343 e. The lowest BCUT2D eigenvalue weighted by molar-refractivity contribution is -0.132. The van der Waals surface area contributed by atoms with E-state index in [1.807, 2.05) is 23.3 Å². The zero-order valence-corrected chi connectivity index (χ0v) is 14.3. The second kappa shape index (κ2) is 6.91. The number of amides is 1. The van der Waals surface area contributed by atoms with Gasteiger partial charge < -0.3 is 9.47 Å². The van der Waals surface area contributed by atoms with Gasteiger partial charge in [0.1, 0.15) is 12.5 Å². The van der Waals surface area contributed by atoms with Gasteiger partial charge in [0.05, 0.1) is 18.0 Å². The van der Waals surface area contributed by atoms with Gasteiger partial charge in [-0.3, -0.25) is 4.79 Å². The number of likely N-dealkylation sites (N-methyl/N-ethyl adjacent to an activating group) is 1. The fourth-order valence-corrected chi connectivity index (χ4v) is 4.02. The highest BCUT2D eigenvalue weighted by Gasteiger charge is 2.33. The van der Waals surface area contributed by atoms with Crippen molar-refractivity contribution < 1.29 is 13.6 Å². The van der Waals surface area contributed by atoms with Crippen LogP contribution in [0.4, 0.5) is 8.78 Å². The number of hydrogen-bond donors (Lipinski definition) is 0. The normalized spacial score (nSPS) is 17.1. The zero-order valence-electron chi connectivity index (χ0n) is 14.3. The maximum Gasteiger partial charge on any atom is 0.230 e. The number of alkyl halides is 1. The van der Waals surface area contributed by atoms with Crippen molar-refractivity contribution in [2.75, 3.05) is 19.8 Å². The zero-order chi connectivity index (χ0) is 17.3. The molecule has 0 bridgehead atoms. The number of hydrogen-bond acceptors (Lipinski definition) is 1. The minimum atomic E-state index is -0.499. The van der Waals surface area contributed by atoms with Gasteiger partial charge in [0, 0.05) is 24.2 Å². The summed E-state index contributed by atoms with van der Waals surface area (Å²) in [5, 5.41) is 0.894. The average molecular weight is 333 g/mol. The maximum absolute atomic E-state index is 13.7. The topological polar surface area (TPSA) is 25.2 Å². The van der Waals surface area contributed by atoms with Crippen molar-refractivity contribution in [2.24, 2.45) is 0 Å². The Morgan fingerprint density at radius 2 is 2.08 bits per heavy atom. The van der Waals surface area contributed by atoms with Gasteiger partial charge >= 0.3 is 0 Å². The number of fused-ring (bicyclic) bond motifs is 3. The first-order chi connectivity index (χ1) is 11.6. The number of aryl methyl sites for hydroxylation is 1. The number of rotatable bonds is 5. The molecule has 24 heavy (non-hydrogen) atoms. The maximum atomic E-state index is 13.7. The summed E-state index contributed by atoms with van der Waals surface area (Å²) in [5.41, 5.74) is 2.70. The summed E-state index contributed by atoms with van der Waals surface area (Å²) in [6.07, 6.45) is 2.51. The molecule has 0 spiro atoms. The van der Waals surface area contributed by atoms with E-state index in [4.69, 9.17) is 0 Å². The molecular weight excluding hydrogens is 309 g/mol. The van der Waals surface area contributed by atoms with Crippen LogP contribution in [-0.2, 0) is 17.8 Å². The largest absolute Gasteiger partial charge is 0.343 e. The molecule has 1 aliphatic rings. The van der Waals surface area contributed by atoms with Crippen LogP contribution >= 0.6 is 0 Å². The van der Waals surface area contributed by atoms with Gasteiger partial charge in [-0.15, -0.1) is 0 Å². The Balaban J connectivity index is 2.17. The monoisotopic (exact) mass is 333 g/mol. The van der Waals surface area contributed by atoms with E-state index in [-0.39, 0.29) is 24.2 Å². The summed E-state index contributed by atoms with van der Waals surface area (Å²) in [7, 11) is 0. The van der Waals surface area contributed by atoms with E-state index < -0.39 is 6.67 Å². The van der Waals surface area contributed by atoms with E-state index in [1.54, 1.807) is 6.07 Å². The molecule has 3 rings (SSSR count). The number of aromatic nitrogens is 1. The Labute approximate surface area is 141 Å². The molecule has 1 heterocycles. The summed E-state index contributed by atoms with van der Waals surface area (Å²) < 4.78 is 28.7. The van der Waals surface area contributed by atoms with Gasteiger partial charge in [0.2, 0.25) is 5.91 Å². The molecule has 0 saturated heterocycles. The quantitative estimate of drug-likeness (QED) is 0.811. The van der Waals surface area contributed by atoms with Crippen LogP contribution in [0.15, 0.2) is 18.2 Å². The molecule has 1 unspecified atom stereocenters. The highest BCUT2D eigenvalue weighted by Crippen LogP contribution is 2.40. The van der Waals surface area contributed by atoms with Crippen LogP contribution in [0.3, 0.4) is 0 Å². The molecular formula is C19H24F2N2O. The molecule has 0 N–H and O–H groups in total. The number of halogens is 2. The van der Waals surface area contributed by atoms with Crippen LogP contribution in [0.2, 0.25) is 0 Å². The summed E-state index contributed by atoms with van der Waals surface area (Å²) in [4.78, 5) is 14.8. The molecule has 130 valence electrons. The van der Waals surface area contributed by atoms with Gasteiger partial charge in [-0.25, -0.2) is 8.78 Å². The molecule has 0 aliphatic heterocycles. The van der Waals surface area contributed by atoms with Gasteiger partial charge in [0.25, 0.3) is 0 Å². The third-order valence-electron chi connectivity index (χ3n) is 5.11. The Hall–Kier alpha value is -1.91. The highest BCUT2D eigenvalue weighted by molar-refractivity contribution is 5.94. The van der Waals surface area contributed by atoms with Crippen molar-refractivity contribution in [3.05, 3.63) is 35.3 Å². The summed E-state index contributed by atoms with van der Waals surface area (Å²) in [5.74, 6) is -0.406. The van der Waals surface area contributed by atoms with Crippen LogP contribution in [0, 0.1) is 5.82 Å². The molecule has 1 atom stereocenters. The first kappa shape index (κ1) is 16.9. The van der Waals surface area contributed by atoms with E-state index in [0.29, 0.717) is 18.6 Å². The van der Waals surface area contributed by atoms with Crippen molar-refractivity contribution in [3.63, 3.8) is 0 Å². The van der Waals surface area contributed by atoms with Crippen LogP contribution in [0.1, 0.15) is 43.9 Å². The predicted molar refractivity (Wildman–Crippen MR) is 91.5 cm³/mol. The van der Waals surface area contributed by atoms with Crippen LogP contribution in [-0.4, -0.2) is 35.1 Å². The Morgan fingerprint density at radius 1 is 1.33 bits per heavy atom. The third-order valence-corrected chi connectivity index (χ3v) is 5.11. The van der Waals surface area contributed by atoms with E-state index in [0.717, 1.165) is 35.9 Å². The van der Waals surface area contributed by atoms with Crippen LogP contribution < -0.4 is 0 Å². The summed E-state index contributed by atoms with van der Waals surface area (Å²) in [6, 6.07) is 4.63. The average Bonchev–Trinajstić information content (AvgIpc) is 2.89. The second-order valence-corrected chi connectivity index (χ2v) is 6.32. The fourth-order valence-electron chi connectivity index (χ4n) is 4.02. The molecule has 1 aromatic heterocycles. The lowest BCUT2D eigenvalue weighted by Crippen LogP contribution is -2.36. The fraction of sp³-hybridized carbons (Fsp3) is 0.526. The molecule has 3 nitrogen and oxygen atoms in total. The number of benzene rings is 1. The first-order valence-electron chi connectivity index (χ1n) is 8.77. The van der Waals surface area contributed by atoms with E-state index in [9.17, 15) is 13.6 Å². The van der Waals surface area contributed by atoms with Crippen molar-refractivity contribution in [1.29, 1.82) is 0 Å². The lowest BCUT2D eigenvalue weighted by Gasteiger charge is -2.29. The highest BCUT2D eigenvalue weighted by atomic mass is 19.1. The van der Waals surface area contributed by atoms with Gasteiger partial charge in [-0.05, 0) is 56.9 Å². The summed E-state index contributed by atoms with van der Waals surface area (Å²) in [6.45, 7) is 5.03. The van der Waals surface area contributed by atoms with Crippen molar-refractivity contribution >= 4 is 16.8 Å². The lowest BCUT2D eigenvalue weighted by atomic mass is 9.84. The molecule has 1 amide bonds. The standard InChI is InChI=1S/C19H24F2N2O/c1-3-22(4-2)19(24)15-6-5-7-16-18(15)14-9-8-13(21)12-17(14)23(16)11-10-20/h8-9,12,15H,3-7,10-11H2,1-2H3/i20-1. The van der Waals surface area contributed by atoms with Crippen LogP contribution in [0.25, 0.3) is 10.9 Å². The second-order valence-electron chi connectivity index (χ2n) is 6.32. The smallest absolute Gasteiger partial charge is 0.230 e. The molecule has 0 fully saturated rings. The Morgan fingerprint density at radius 3 is 2.75 bits per heavy atom. The molecule has 0 radical (unpaired) electrons. The number of carbonyl (C=O) groups is 1. The first-order valence-corrected chi connectivity index (χ1v) is 8.77. The minimum absolute atomic E-state index is 0.129. The van der Waals surface area contributed by atoms with E-state index >= 15 is 0 Å². The Bertz CT molecular complexity index is 749. The molecule has 1 aliphatic carbocycles. The number of nitrogens with zero attached hydrogens (tertiary/aromatic N) is 2. The molecule has 5 heteroatoms. The SMILES string of the molecule is CCN(CC)C(=O)C1CCCc2c1c1ccc(F)cc1n2CC[18F]. The van der Waals surface area contributed by atoms with E-state index in [1.165, 1.54) is 12.1 Å². The predicted octanol–water partition coefficient (Wildman–Crippen LogP) is 4.04. The van der Waals surface area contributed by atoms with Crippen molar-refractivity contribution in [2.45, 2.75) is 45.6 Å². The molecule has 2 aromatic rings. The van der Waals surface area contributed by atoms with Gasteiger partial charge in [-0.1, -0.05) is 0 Å². The van der Waals surface area contributed by atoms with Gasteiger partial charge in [-0.2, -0.15) is 0 Å². The van der Waals surface area contributed by atoms with Crippen molar-refractivity contribution in [1.82, 2.24) is 9.47 Å². The Kier molecular flexibility index (Phi) is 4.88. The van der Waals surface area contributed by atoms with Crippen LogP contribution in [0.5, 0.6) is 0 Å². The van der Waals surface area contributed by atoms with Crippen molar-refractivity contribution in [3.8, 4) is 0 Å². The number of carbonyl (C=O) groups excluding carboxylic acids is 1. The molecule has 0 saturated carbocycles. The van der Waals surface area contributed by atoms with E-state index in [2.05, 4.69) is 0 Å². The summed E-state index contributed by atoms with van der Waals surface area (Å²) >= 11 is 0. The van der Waals surface area contributed by atoms with Gasteiger partial charge in [0.15, 0.2) is 0 Å².